The lowest BCUT2D eigenvalue weighted by molar-refractivity contribution is -0.117. The van der Waals surface area contributed by atoms with E-state index < -0.39 is 5.91 Å². The second-order valence-corrected chi connectivity index (χ2v) is 5.17. The molecule has 1 aromatic heterocycles. The van der Waals surface area contributed by atoms with Gasteiger partial charge in [-0.15, -0.1) is 0 Å². The Bertz CT molecular complexity index is 723. The molecule has 118 valence electrons. The largest absolute Gasteiger partial charge is 0.462 e. The van der Waals surface area contributed by atoms with E-state index in [1.54, 1.807) is 6.07 Å². The molecule has 1 aromatic carbocycles. The molecule has 0 radical (unpaired) electrons. The van der Waals surface area contributed by atoms with E-state index in [-0.39, 0.29) is 11.6 Å². The average molecular weight is 308 g/mol. The molecule has 0 aliphatic rings. The maximum absolute atomic E-state index is 12.4. The molecule has 1 heterocycles. The molecule has 0 saturated carbocycles. The molecule has 1 unspecified atom stereocenters. The first-order valence-corrected chi connectivity index (χ1v) is 7.74. The molecule has 23 heavy (non-hydrogen) atoms. The van der Waals surface area contributed by atoms with Gasteiger partial charge < -0.3 is 9.73 Å². The SMILES string of the molecule is CCc1ccc(/C=C(\C#N)C(=O)NC(CC)c2ccccc2)o1. The van der Waals surface area contributed by atoms with E-state index in [0.717, 1.165) is 24.2 Å². The Morgan fingerprint density at radius 1 is 1.26 bits per heavy atom. The Hall–Kier alpha value is -2.80. The van der Waals surface area contributed by atoms with Crippen LogP contribution in [0.15, 0.2) is 52.5 Å². The number of nitrogens with zero attached hydrogens (tertiary/aromatic N) is 1. The van der Waals surface area contributed by atoms with E-state index in [4.69, 9.17) is 4.42 Å². The predicted octanol–water partition coefficient (Wildman–Crippen LogP) is 4.02. The number of amides is 1. The quantitative estimate of drug-likeness (QED) is 0.647. The van der Waals surface area contributed by atoms with Gasteiger partial charge in [-0.1, -0.05) is 44.2 Å². The van der Waals surface area contributed by atoms with E-state index in [9.17, 15) is 10.1 Å². The lowest BCUT2D eigenvalue weighted by Crippen LogP contribution is -2.29. The number of carbonyl (C=O) groups is 1. The van der Waals surface area contributed by atoms with Gasteiger partial charge in [0.25, 0.3) is 5.91 Å². The highest BCUT2D eigenvalue weighted by atomic mass is 16.3. The summed E-state index contributed by atoms with van der Waals surface area (Å²) in [6.07, 6.45) is 3.00. The van der Waals surface area contributed by atoms with Crippen molar-refractivity contribution in [1.29, 1.82) is 5.26 Å². The van der Waals surface area contributed by atoms with Crippen molar-refractivity contribution in [2.45, 2.75) is 32.7 Å². The molecule has 0 bridgehead atoms. The Morgan fingerprint density at radius 2 is 2.00 bits per heavy atom. The van der Waals surface area contributed by atoms with Crippen LogP contribution in [0, 0.1) is 11.3 Å². The summed E-state index contributed by atoms with van der Waals surface area (Å²) in [4.78, 5) is 12.4. The second-order valence-electron chi connectivity index (χ2n) is 5.17. The number of hydrogen-bond donors (Lipinski definition) is 1. The highest BCUT2D eigenvalue weighted by Gasteiger charge is 2.16. The van der Waals surface area contributed by atoms with Crippen LogP contribution in [0.4, 0.5) is 0 Å². The Morgan fingerprint density at radius 3 is 2.57 bits per heavy atom. The predicted molar refractivity (Wildman–Crippen MR) is 89.3 cm³/mol. The first-order valence-electron chi connectivity index (χ1n) is 7.74. The van der Waals surface area contributed by atoms with E-state index in [2.05, 4.69) is 5.32 Å². The molecule has 4 heteroatoms. The fraction of sp³-hybridized carbons (Fsp3) is 0.263. The van der Waals surface area contributed by atoms with Gasteiger partial charge in [0.05, 0.1) is 6.04 Å². The third-order valence-electron chi connectivity index (χ3n) is 3.60. The molecule has 0 fully saturated rings. The van der Waals surface area contributed by atoms with Crippen molar-refractivity contribution in [1.82, 2.24) is 5.32 Å². The summed E-state index contributed by atoms with van der Waals surface area (Å²) in [5, 5.41) is 12.2. The Kier molecular flexibility index (Phi) is 5.76. The Balaban J connectivity index is 2.15. The molecule has 2 rings (SSSR count). The van der Waals surface area contributed by atoms with E-state index >= 15 is 0 Å². The van der Waals surface area contributed by atoms with E-state index in [1.807, 2.05) is 56.3 Å². The Labute approximate surface area is 136 Å². The van der Waals surface area contributed by atoms with Gasteiger partial charge >= 0.3 is 0 Å². The van der Waals surface area contributed by atoms with Crippen molar-refractivity contribution in [3.63, 3.8) is 0 Å². The third-order valence-corrected chi connectivity index (χ3v) is 3.60. The summed E-state index contributed by atoms with van der Waals surface area (Å²) >= 11 is 0. The number of carbonyl (C=O) groups excluding carboxylic acids is 1. The number of nitriles is 1. The van der Waals surface area contributed by atoms with Crippen LogP contribution in [0.3, 0.4) is 0 Å². The molecule has 1 N–H and O–H groups in total. The molecule has 1 amide bonds. The zero-order valence-corrected chi connectivity index (χ0v) is 13.4. The third kappa shape index (κ3) is 4.33. The van der Waals surface area contributed by atoms with Crippen LogP contribution in [0.1, 0.15) is 43.4 Å². The zero-order valence-electron chi connectivity index (χ0n) is 13.4. The summed E-state index contributed by atoms with van der Waals surface area (Å²) in [5.74, 6) is 0.948. The van der Waals surface area contributed by atoms with Crippen molar-refractivity contribution in [2.24, 2.45) is 0 Å². The number of benzene rings is 1. The lowest BCUT2D eigenvalue weighted by atomic mass is 10.0. The number of furan rings is 1. The van der Waals surface area contributed by atoms with Crippen LogP contribution in [-0.4, -0.2) is 5.91 Å². The first-order chi connectivity index (χ1) is 11.2. The summed E-state index contributed by atoms with van der Waals surface area (Å²) in [5.41, 5.74) is 1.06. The number of hydrogen-bond acceptors (Lipinski definition) is 3. The van der Waals surface area contributed by atoms with Gasteiger partial charge in [0, 0.05) is 12.5 Å². The standard InChI is InChI=1S/C19H20N2O2/c1-3-16-10-11-17(23-16)12-15(13-20)19(22)21-18(4-2)14-8-6-5-7-9-14/h5-12,18H,3-4H2,1-2H3,(H,21,22)/b15-12+. The van der Waals surface area contributed by atoms with Gasteiger partial charge in [-0.3, -0.25) is 4.79 Å². The van der Waals surface area contributed by atoms with Crippen molar-refractivity contribution in [3.05, 3.63) is 65.1 Å². The van der Waals surface area contributed by atoms with Crippen LogP contribution >= 0.6 is 0 Å². The summed E-state index contributed by atoms with van der Waals surface area (Å²) in [6.45, 7) is 3.98. The summed E-state index contributed by atoms with van der Waals surface area (Å²) in [6, 6.07) is 15.2. The van der Waals surface area contributed by atoms with Crippen LogP contribution in [0.5, 0.6) is 0 Å². The fourth-order valence-electron chi connectivity index (χ4n) is 2.30. The van der Waals surface area contributed by atoms with Gasteiger partial charge in [0.15, 0.2) is 0 Å². The van der Waals surface area contributed by atoms with Gasteiger partial charge in [-0.05, 0) is 24.1 Å². The van der Waals surface area contributed by atoms with Gasteiger partial charge in [-0.25, -0.2) is 0 Å². The van der Waals surface area contributed by atoms with Crippen LogP contribution < -0.4 is 5.32 Å². The fourth-order valence-corrected chi connectivity index (χ4v) is 2.30. The molecule has 4 nitrogen and oxygen atoms in total. The molecule has 0 saturated heterocycles. The minimum Gasteiger partial charge on any atom is -0.462 e. The van der Waals surface area contributed by atoms with Crippen LogP contribution in [0.2, 0.25) is 0 Å². The molecule has 0 aliphatic carbocycles. The minimum absolute atomic E-state index is 0.0383. The molecule has 0 spiro atoms. The topological polar surface area (TPSA) is 66.0 Å². The van der Waals surface area contributed by atoms with Crippen molar-refractivity contribution >= 4 is 12.0 Å². The van der Waals surface area contributed by atoms with Crippen molar-refractivity contribution in [2.75, 3.05) is 0 Å². The average Bonchev–Trinajstić information content (AvgIpc) is 3.05. The van der Waals surface area contributed by atoms with Crippen LogP contribution in [0.25, 0.3) is 6.08 Å². The normalized spacial score (nSPS) is 12.5. The number of rotatable bonds is 6. The van der Waals surface area contributed by atoms with Gasteiger partial charge in [0.2, 0.25) is 0 Å². The minimum atomic E-state index is -0.391. The maximum Gasteiger partial charge on any atom is 0.262 e. The van der Waals surface area contributed by atoms with Crippen LogP contribution in [-0.2, 0) is 11.2 Å². The van der Waals surface area contributed by atoms with Crippen molar-refractivity contribution < 1.29 is 9.21 Å². The summed E-state index contributed by atoms with van der Waals surface area (Å²) in [7, 11) is 0. The highest BCUT2D eigenvalue weighted by Crippen LogP contribution is 2.17. The van der Waals surface area contributed by atoms with Gasteiger partial charge in [-0.2, -0.15) is 5.26 Å². The van der Waals surface area contributed by atoms with E-state index in [1.165, 1.54) is 6.08 Å². The highest BCUT2D eigenvalue weighted by molar-refractivity contribution is 6.01. The van der Waals surface area contributed by atoms with Crippen molar-refractivity contribution in [3.8, 4) is 6.07 Å². The lowest BCUT2D eigenvalue weighted by Gasteiger charge is -2.17. The van der Waals surface area contributed by atoms with E-state index in [0.29, 0.717) is 5.76 Å². The zero-order chi connectivity index (χ0) is 16.7. The maximum atomic E-state index is 12.4. The monoisotopic (exact) mass is 308 g/mol. The molecule has 2 aromatic rings. The molecular formula is C19H20N2O2. The smallest absolute Gasteiger partial charge is 0.262 e. The molecule has 0 aliphatic heterocycles. The summed E-state index contributed by atoms with van der Waals surface area (Å²) < 4.78 is 5.52. The number of aryl methyl sites for hydroxylation is 1. The second kappa shape index (κ2) is 8.00. The molecular weight excluding hydrogens is 288 g/mol. The van der Waals surface area contributed by atoms with Gasteiger partial charge in [0.1, 0.15) is 23.2 Å². The number of nitrogens with one attached hydrogen (secondary N) is 1. The first kappa shape index (κ1) is 16.6. The molecule has 1 atom stereocenters.